The number of ether oxygens (including phenoxy) is 1. The number of rotatable bonds is 6. The van der Waals surface area contributed by atoms with Gasteiger partial charge in [-0.15, -0.1) is 0 Å². The van der Waals surface area contributed by atoms with E-state index >= 15 is 0 Å². The van der Waals surface area contributed by atoms with Gasteiger partial charge in [-0.3, -0.25) is 4.79 Å². The Morgan fingerprint density at radius 2 is 1.64 bits per heavy atom. The standard InChI is InChI=1S/C28H24Cl3N3O2/c29-22-12-6-4-10-20(22)17-36-26-23(30)14-18(15-24(26)31)16-32-34-27(19-8-2-1-3-9-19)33-25-13-7-5-11-21(25)28(34)35/h4-7,10-16,19H,1-3,8-9,17H2. The van der Waals surface area contributed by atoms with Crippen LogP contribution >= 0.6 is 34.8 Å². The molecule has 0 unspecified atom stereocenters. The van der Waals surface area contributed by atoms with Gasteiger partial charge in [0.15, 0.2) is 5.75 Å². The van der Waals surface area contributed by atoms with Gasteiger partial charge in [-0.1, -0.05) is 84.4 Å². The number of hydrogen-bond acceptors (Lipinski definition) is 4. The van der Waals surface area contributed by atoms with E-state index in [2.05, 4.69) is 5.10 Å². The number of fused-ring (bicyclic) bond motifs is 1. The molecular weight excluding hydrogens is 517 g/mol. The van der Waals surface area contributed by atoms with Crippen molar-refractivity contribution in [1.82, 2.24) is 9.66 Å². The van der Waals surface area contributed by atoms with E-state index in [0.29, 0.717) is 43.1 Å². The maximum absolute atomic E-state index is 13.4. The van der Waals surface area contributed by atoms with Crippen LogP contribution in [0, 0.1) is 0 Å². The third-order valence-corrected chi connectivity index (χ3v) is 7.35. The minimum atomic E-state index is -0.186. The van der Waals surface area contributed by atoms with Crippen molar-refractivity contribution in [3.05, 3.63) is 103 Å². The summed E-state index contributed by atoms with van der Waals surface area (Å²) in [7, 11) is 0. The molecule has 1 aliphatic carbocycles. The molecule has 0 saturated heterocycles. The van der Waals surface area contributed by atoms with Gasteiger partial charge in [-0.2, -0.15) is 9.78 Å². The van der Waals surface area contributed by atoms with Crippen LogP contribution in [0.2, 0.25) is 15.1 Å². The Hall–Kier alpha value is -2.86. The van der Waals surface area contributed by atoms with E-state index in [-0.39, 0.29) is 18.1 Å². The summed E-state index contributed by atoms with van der Waals surface area (Å²) in [4.78, 5) is 18.2. The minimum absolute atomic E-state index is 0.186. The van der Waals surface area contributed by atoms with Gasteiger partial charge in [0.05, 0.1) is 27.2 Å². The van der Waals surface area contributed by atoms with Gasteiger partial charge in [0.2, 0.25) is 0 Å². The van der Waals surface area contributed by atoms with Crippen LogP contribution in [0.1, 0.15) is 55.0 Å². The van der Waals surface area contributed by atoms with Gasteiger partial charge in [0, 0.05) is 16.5 Å². The molecule has 1 fully saturated rings. The van der Waals surface area contributed by atoms with Crippen LogP contribution in [-0.2, 0) is 6.61 Å². The Balaban J connectivity index is 1.46. The minimum Gasteiger partial charge on any atom is -0.486 e. The fraction of sp³-hybridized carbons (Fsp3) is 0.250. The van der Waals surface area contributed by atoms with Crippen molar-refractivity contribution in [1.29, 1.82) is 0 Å². The molecule has 5 rings (SSSR count). The van der Waals surface area contributed by atoms with E-state index in [1.54, 1.807) is 30.5 Å². The monoisotopic (exact) mass is 539 g/mol. The zero-order chi connectivity index (χ0) is 25.1. The maximum Gasteiger partial charge on any atom is 0.282 e. The van der Waals surface area contributed by atoms with E-state index in [1.807, 2.05) is 36.4 Å². The first-order valence-corrected chi connectivity index (χ1v) is 13.1. The lowest BCUT2D eigenvalue weighted by molar-refractivity contribution is 0.306. The van der Waals surface area contributed by atoms with Crippen molar-refractivity contribution >= 4 is 51.9 Å². The molecule has 1 saturated carbocycles. The number of benzene rings is 3. The fourth-order valence-corrected chi connectivity index (χ4v) is 5.36. The second kappa shape index (κ2) is 11.0. The second-order valence-electron chi connectivity index (χ2n) is 8.88. The van der Waals surface area contributed by atoms with Crippen molar-refractivity contribution in [3.63, 3.8) is 0 Å². The summed E-state index contributed by atoms with van der Waals surface area (Å²) < 4.78 is 7.29. The largest absolute Gasteiger partial charge is 0.486 e. The number of nitrogens with zero attached hydrogens (tertiary/aromatic N) is 3. The first-order valence-electron chi connectivity index (χ1n) is 11.9. The first-order chi connectivity index (χ1) is 17.5. The zero-order valence-electron chi connectivity index (χ0n) is 19.5. The molecule has 0 aliphatic heterocycles. The summed E-state index contributed by atoms with van der Waals surface area (Å²) in [5.74, 6) is 1.26. The summed E-state index contributed by atoms with van der Waals surface area (Å²) in [5, 5.41) is 6.38. The Bertz CT molecular complexity index is 1470. The quantitative estimate of drug-likeness (QED) is 0.234. The van der Waals surface area contributed by atoms with Gasteiger partial charge < -0.3 is 4.74 Å². The summed E-state index contributed by atoms with van der Waals surface area (Å²) in [6.07, 6.45) is 7.03. The third kappa shape index (κ3) is 5.29. The fourth-order valence-electron chi connectivity index (χ4n) is 4.56. The lowest BCUT2D eigenvalue weighted by atomic mass is 9.88. The highest BCUT2D eigenvalue weighted by Gasteiger charge is 2.22. The zero-order valence-corrected chi connectivity index (χ0v) is 21.7. The number of para-hydroxylation sites is 1. The first kappa shape index (κ1) is 24.8. The molecule has 1 aromatic heterocycles. The van der Waals surface area contributed by atoms with Crippen LogP contribution < -0.4 is 10.3 Å². The van der Waals surface area contributed by atoms with E-state index in [9.17, 15) is 4.79 Å². The normalized spacial score (nSPS) is 14.5. The Kier molecular flexibility index (Phi) is 7.61. The molecule has 1 aliphatic rings. The van der Waals surface area contributed by atoms with Crippen LogP contribution in [0.4, 0.5) is 0 Å². The highest BCUT2D eigenvalue weighted by molar-refractivity contribution is 6.37. The molecule has 0 bridgehead atoms. The molecule has 0 radical (unpaired) electrons. The van der Waals surface area contributed by atoms with Crippen molar-refractivity contribution < 1.29 is 4.74 Å². The Morgan fingerprint density at radius 1 is 0.944 bits per heavy atom. The van der Waals surface area contributed by atoms with Gasteiger partial charge in [-0.25, -0.2) is 4.98 Å². The smallest absolute Gasteiger partial charge is 0.282 e. The predicted octanol–water partition coefficient (Wildman–Crippen LogP) is 7.87. The van der Waals surface area contributed by atoms with Crippen LogP contribution in [0.25, 0.3) is 10.9 Å². The van der Waals surface area contributed by atoms with Crippen molar-refractivity contribution in [2.45, 2.75) is 44.6 Å². The van der Waals surface area contributed by atoms with Gasteiger partial charge >= 0.3 is 0 Å². The van der Waals surface area contributed by atoms with Crippen molar-refractivity contribution in [3.8, 4) is 5.75 Å². The molecule has 0 atom stereocenters. The van der Waals surface area contributed by atoms with Gasteiger partial charge in [0.25, 0.3) is 5.56 Å². The molecule has 1 heterocycles. The molecule has 0 amide bonds. The summed E-state index contributed by atoms with van der Waals surface area (Å²) in [5.41, 5.74) is 1.98. The lowest BCUT2D eigenvalue weighted by Crippen LogP contribution is -2.25. The van der Waals surface area contributed by atoms with Crippen molar-refractivity contribution in [2.75, 3.05) is 0 Å². The van der Waals surface area contributed by atoms with Crippen LogP contribution in [0.5, 0.6) is 5.75 Å². The SMILES string of the molecule is O=c1c2ccccc2nc(C2CCCCC2)n1N=Cc1cc(Cl)c(OCc2ccccc2Cl)c(Cl)c1. The average molecular weight is 541 g/mol. The van der Waals surface area contributed by atoms with Crippen molar-refractivity contribution in [2.24, 2.45) is 5.10 Å². The van der Waals surface area contributed by atoms with Crippen LogP contribution in [0.15, 0.2) is 70.6 Å². The van der Waals surface area contributed by atoms with E-state index in [1.165, 1.54) is 11.1 Å². The molecule has 36 heavy (non-hydrogen) atoms. The molecule has 0 N–H and O–H groups in total. The van der Waals surface area contributed by atoms with Crippen LogP contribution in [-0.4, -0.2) is 15.9 Å². The molecule has 184 valence electrons. The summed E-state index contributed by atoms with van der Waals surface area (Å²) in [6, 6.07) is 18.2. The van der Waals surface area contributed by atoms with E-state index < -0.39 is 0 Å². The highest BCUT2D eigenvalue weighted by Crippen LogP contribution is 2.35. The Morgan fingerprint density at radius 3 is 2.39 bits per heavy atom. The molecule has 0 spiro atoms. The third-order valence-electron chi connectivity index (χ3n) is 6.42. The molecule has 3 aromatic carbocycles. The number of aromatic nitrogens is 2. The average Bonchev–Trinajstić information content (AvgIpc) is 2.89. The topological polar surface area (TPSA) is 56.5 Å². The second-order valence-corrected chi connectivity index (χ2v) is 10.1. The van der Waals surface area contributed by atoms with Gasteiger partial charge in [0.1, 0.15) is 12.4 Å². The van der Waals surface area contributed by atoms with Crippen LogP contribution in [0.3, 0.4) is 0 Å². The summed E-state index contributed by atoms with van der Waals surface area (Å²) in [6.45, 7) is 0.232. The van der Waals surface area contributed by atoms with E-state index in [0.717, 1.165) is 31.2 Å². The molecule has 5 nitrogen and oxygen atoms in total. The summed E-state index contributed by atoms with van der Waals surface area (Å²) >= 11 is 19.2. The maximum atomic E-state index is 13.4. The molecular formula is C28H24Cl3N3O2. The predicted molar refractivity (Wildman–Crippen MR) is 147 cm³/mol. The molecule has 8 heteroatoms. The van der Waals surface area contributed by atoms with Gasteiger partial charge in [-0.05, 0) is 48.7 Å². The lowest BCUT2D eigenvalue weighted by Gasteiger charge is -2.22. The highest BCUT2D eigenvalue weighted by atomic mass is 35.5. The van der Waals surface area contributed by atoms with E-state index in [4.69, 9.17) is 44.5 Å². The number of halogens is 3. The molecule has 4 aromatic rings. The Labute approximate surface area is 224 Å². The number of hydrogen-bond donors (Lipinski definition) is 0.